The van der Waals surface area contributed by atoms with E-state index in [0.717, 1.165) is 59.8 Å². The molecule has 2 aromatic rings. The molecule has 1 saturated heterocycles. The molecule has 0 aliphatic carbocycles. The lowest BCUT2D eigenvalue weighted by atomic mass is 10.1. The first kappa shape index (κ1) is 17.7. The third-order valence-corrected chi connectivity index (χ3v) is 4.58. The number of nitrogens with zero attached hydrogens (tertiary/aromatic N) is 1. The number of ether oxygens (including phenoxy) is 3. The lowest BCUT2D eigenvalue weighted by Gasteiger charge is -2.29. The summed E-state index contributed by atoms with van der Waals surface area (Å²) < 4.78 is 16.1. The molecule has 1 fully saturated rings. The standard InChI is InChI=1S/C19H23ClN2O3/c1-23-16-5-3-14(19(12-16)24-2)13-21-15-4-6-18(17(20)11-15)22-7-9-25-10-8-22/h3-6,11-12,21H,7-10,13H2,1-2H3. The van der Waals surface area contributed by atoms with E-state index in [1.54, 1.807) is 14.2 Å². The van der Waals surface area contributed by atoms with E-state index in [0.29, 0.717) is 6.54 Å². The molecule has 6 heteroatoms. The molecule has 0 bridgehead atoms. The summed E-state index contributed by atoms with van der Waals surface area (Å²) in [6.45, 7) is 3.87. The zero-order chi connectivity index (χ0) is 17.6. The Morgan fingerprint density at radius 1 is 1.08 bits per heavy atom. The lowest BCUT2D eigenvalue weighted by Crippen LogP contribution is -2.36. The predicted octanol–water partition coefficient (Wildman–Crippen LogP) is 3.81. The smallest absolute Gasteiger partial charge is 0.127 e. The summed E-state index contributed by atoms with van der Waals surface area (Å²) >= 11 is 6.48. The van der Waals surface area contributed by atoms with Crippen LogP contribution in [0, 0.1) is 0 Å². The van der Waals surface area contributed by atoms with Gasteiger partial charge in [0.15, 0.2) is 0 Å². The lowest BCUT2D eigenvalue weighted by molar-refractivity contribution is 0.122. The Labute approximate surface area is 153 Å². The van der Waals surface area contributed by atoms with Gasteiger partial charge < -0.3 is 24.4 Å². The highest BCUT2D eigenvalue weighted by Crippen LogP contribution is 2.30. The van der Waals surface area contributed by atoms with Crippen LogP contribution in [-0.2, 0) is 11.3 Å². The first-order chi connectivity index (χ1) is 12.2. The minimum Gasteiger partial charge on any atom is -0.497 e. The first-order valence-corrected chi connectivity index (χ1v) is 8.66. The van der Waals surface area contributed by atoms with Gasteiger partial charge in [-0.25, -0.2) is 0 Å². The molecule has 134 valence electrons. The van der Waals surface area contributed by atoms with Crippen molar-refractivity contribution < 1.29 is 14.2 Å². The molecule has 1 aliphatic heterocycles. The summed E-state index contributed by atoms with van der Waals surface area (Å²) in [5, 5.41) is 4.14. The Kier molecular flexibility index (Phi) is 5.89. The van der Waals surface area contributed by atoms with E-state index in [2.05, 4.69) is 16.3 Å². The molecule has 0 atom stereocenters. The molecule has 5 nitrogen and oxygen atoms in total. The summed E-state index contributed by atoms with van der Waals surface area (Å²) in [5.74, 6) is 1.57. The molecule has 0 saturated carbocycles. The van der Waals surface area contributed by atoms with Crippen molar-refractivity contribution in [2.24, 2.45) is 0 Å². The Morgan fingerprint density at radius 3 is 2.56 bits per heavy atom. The molecule has 1 N–H and O–H groups in total. The Balaban J connectivity index is 1.68. The molecule has 0 unspecified atom stereocenters. The van der Waals surface area contributed by atoms with Crippen LogP contribution in [0.1, 0.15) is 5.56 Å². The maximum atomic E-state index is 6.48. The van der Waals surface area contributed by atoms with Crippen molar-refractivity contribution >= 4 is 23.0 Å². The van der Waals surface area contributed by atoms with Gasteiger partial charge in [0.25, 0.3) is 0 Å². The van der Waals surface area contributed by atoms with Gasteiger partial charge in [-0.1, -0.05) is 11.6 Å². The van der Waals surface area contributed by atoms with Crippen LogP contribution < -0.4 is 19.7 Å². The van der Waals surface area contributed by atoms with Gasteiger partial charge in [-0.2, -0.15) is 0 Å². The second-order valence-corrected chi connectivity index (χ2v) is 6.20. The number of anilines is 2. The van der Waals surface area contributed by atoms with Crippen LogP contribution in [-0.4, -0.2) is 40.5 Å². The van der Waals surface area contributed by atoms with Crippen molar-refractivity contribution in [2.75, 3.05) is 50.7 Å². The maximum absolute atomic E-state index is 6.48. The van der Waals surface area contributed by atoms with Gasteiger partial charge in [0.2, 0.25) is 0 Å². The molecule has 0 amide bonds. The normalized spacial score (nSPS) is 14.3. The molecule has 1 aliphatic rings. The number of morpholine rings is 1. The van der Waals surface area contributed by atoms with Crippen LogP contribution in [0.4, 0.5) is 11.4 Å². The van der Waals surface area contributed by atoms with Crippen molar-refractivity contribution in [1.82, 2.24) is 0 Å². The fraction of sp³-hybridized carbons (Fsp3) is 0.368. The highest BCUT2D eigenvalue weighted by molar-refractivity contribution is 6.33. The third-order valence-electron chi connectivity index (χ3n) is 4.28. The number of benzene rings is 2. The summed E-state index contributed by atoms with van der Waals surface area (Å²) in [7, 11) is 3.30. The monoisotopic (exact) mass is 362 g/mol. The molecular formula is C19H23ClN2O3. The van der Waals surface area contributed by atoms with Crippen LogP contribution in [0.25, 0.3) is 0 Å². The summed E-state index contributed by atoms with van der Waals surface area (Å²) in [6.07, 6.45) is 0. The van der Waals surface area contributed by atoms with Crippen LogP contribution in [0.2, 0.25) is 5.02 Å². The minimum atomic E-state index is 0.639. The van der Waals surface area contributed by atoms with Crippen molar-refractivity contribution in [1.29, 1.82) is 0 Å². The molecule has 2 aromatic carbocycles. The van der Waals surface area contributed by atoms with E-state index in [1.165, 1.54) is 0 Å². The molecular weight excluding hydrogens is 340 g/mol. The molecule has 25 heavy (non-hydrogen) atoms. The van der Waals surface area contributed by atoms with E-state index in [9.17, 15) is 0 Å². The highest BCUT2D eigenvalue weighted by atomic mass is 35.5. The average Bonchev–Trinajstić information content (AvgIpc) is 2.67. The summed E-state index contributed by atoms with van der Waals surface area (Å²) in [5.41, 5.74) is 3.08. The summed E-state index contributed by atoms with van der Waals surface area (Å²) in [4.78, 5) is 2.25. The van der Waals surface area contributed by atoms with Crippen LogP contribution in [0.3, 0.4) is 0 Å². The number of hydrogen-bond acceptors (Lipinski definition) is 5. The number of halogens is 1. The Hall–Kier alpha value is -2.11. The number of methoxy groups -OCH3 is 2. The Bertz CT molecular complexity index is 718. The minimum absolute atomic E-state index is 0.639. The quantitative estimate of drug-likeness (QED) is 0.846. The number of rotatable bonds is 6. The topological polar surface area (TPSA) is 43.0 Å². The number of nitrogens with one attached hydrogen (secondary N) is 1. The largest absolute Gasteiger partial charge is 0.497 e. The van der Waals surface area contributed by atoms with Gasteiger partial charge in [0.1, 0.15) is 11.5 Å². The fourth-order valence-corrected chi connectivity index (χ4v) is 3.17. The van der Waals surface area contributed by atoms with E-state index < -0.39 is 0 Å². The Morgan fingerprint density at radius 2 is 1.88 bits per heavy atom. The zero-order valence-electron chi connectivity index (χ0n) is 14.5. The highest BCUT2D eigenvalue weighted by Gasteiger charge is 2.14. The molecule has 0 radical (unpaired) electrons. The van der Waals surface area contributed by atoms with Gasteiger partial charge in [0.05, 0.1) is 38.1 Å². The second kappa shape index (κ2) is 8.32. The van der Waals surface area contributed by atoms with Gasteiger partial charge >= 0.3 is 0 Å². The zero-order valence-corrected chi connectivity index (χ0v) is 15.3. The van der Waals surface area contributed by atoms with Gasteiger partial charge in [-0.15, -0.1) is 0 Å². The van der Waals surface area contributed by atoms with E-state index in [4.69, 9.17) is 25.8 Å². The van der Waals surface area contributed by atoms with Crippen LogP contribution in [0.5, 0.6) is 11.5 Å². The van der Waals surface area contributed by atoms with Gasteiger partial charge in [-0.05, 0) is 30.3 Å². The van der Waals surface area contributed by atoms with Crippen molar-refractivity contribution in [2.45, 2.75) is 6.54 Å². The third kappa shape index (κ3) is 4.30. The van der Waals surface area contributed by atoms with Crippen LogP contribution in [0.15, 0.2) is 36.4 Å². The van der Waals surface area contributed by atoms with Crippen LogP contribution >= 0.6 is 11.6 Å². The molecule has 0 spiro atoms. The van der Waals surface area contributed by atoms with E-state index >= 15 is 0 Å². The maximum Gasteiger partial charge on any atom is 0.127 e. The number of hydrogen-bond donors (Lipinski definition) is 1. The molecule has 1 heterocycles. The molecule has 3 rings (SSSR count). The molecule has 0 aromatic heterocycles. The average molecular weight is 363 g/mol. The van der Waals surface area contributed by atoms with Crippen molar-refractivity contribution in [3.05, 3.63) is 47.0 Å². The van der Waals surface area contributed by atoms with E-state index in [1.807, 2.05) is 30.3 Å². The van der Waals surface area contributed by atoms with Crippen molar-refractivity contribution in [3.63, 3.8) is 0 Å². The SMILES string of the molecule is COc1ccc(CNc2ccc(N3CCOCC3)c(Cl)c2)c(OC)c1. The predicted molar refractivity (Wildman–Crippen MR) is 101 cm³/mol. The van der Waals surface area contributed by atoms with Crippen molar-refractivity contribution in [3.8, 4) is 11.5 Å². The van der Waals surface area contributed by atoms with E-state index in [-0.39, 0.29) is 0 Å². The summed E-state index contributed by atoms with van der Waals surface area (Å²) in [6, 6.07) is 11.9. The van der Waals surface area contributed by atoms with Gasteiger partial charge in [0, 0.05) is 37.0 Å². The second-order valence-electron chi connectivity index (χ2n) is 5.80. The van der Waals surface area contributed by atoms with Gasteiger partial charge in [-0.3, -0.25) is 0 Å². The first-order valence-electron chi connectivity index (χ1n) is 8.28. The fourth-order valence-electron chi connectivity index (χ4n) is 2.87.